The van der Waals surface area contributed by atoms with Crippen molar-refractivity contribution in [2.75, 3.05) is 0 Å². The van der Waals surface area contributed by atoms with Crippen LogP contribution < -0.4 is 4.74 Å². The van der Waals surface area contributed by atoms with E-state index in [1.807, 2.05) is 13.8 Å². The molecule has 2 aromatic rings. The molecule has 0 heterocycles. The molecule has 168 valence electrons. The Bertz CT molecular complexity index is 967. The molecular formula is C23H25Cl3O5. The summed E-state index contributed by atoms with van der Waals surface area (Å²) in [6, 6.07) is 11.0. The fourth-order valence-corrected chi connectivity index (χ4v) is 2.89. The van der Waals surface area contributed by atoms with E-state index in [9.17, 15) is 9.90 Å². The Morgan fingerprint density at radius 2 is 1.68 bits per heavy atom. The lowest BCUT2D eigenvalue weighted by Gasteiger charge is -2.29. The zero-order chi connectivity index (χ0) is 23.8. The van der Waals surface area contributed by atoms with Crippen LogP contribution in [0.15, 0.2) is 65.2 Å². The number of benzene rings is 2. The molecular weight excluding hydrogens is 463 g/mol. The molecule has 0 fully saturated rings. The molecule has 0 radical (unpaired) electrons. The maximum atomic E-state index is 10.4. The maximum absolute atomic E-state index is 10.4. The molecule has 3 N–H and O–H groups in total. The number of hydrogen-bond acceptors (Lipinski definition) is 5. The highest BCUT2D eigenvalue weighted by molar-refractivity contribution is 6.33. The van der Waals surface area contributed by atoms with Crippen LogP contribution in [-0.4, -0.2) is 32.3 Å². The van der Waals surface area contributed by atoms with Crippen molar-refractivity contribution in [3.8, 4) is 17.2 Å². The van der Waals surface area contributed by atoms with Gasteiger partial charge in [0.2, 0.25) is 0 Å². The van der Waals surface area contributed by atoms with Crippen molar-refractivity contribution in [3.05, 3.63) is 75.8 Å². The predicted octanol–water partition coefficient (Wildman–Crippen LogP) is 6.10. The second-order valence-corrected chi connectivity index (χ2v) is 8.23. The van der Waals surface area contributed by atoms with Crippen molar-refractivity contribution in [3.63, 3.8) is 0 Å². The smallest absolute Gasteiger partial charge is 0.308 e. The van der Waals surface area contributed by atoms with Gasteiger partial charge in [0.15, 0.2) is 0 Å². The summed E-state index contributed by atoms with van der Waals surface area (Å²) in [5.41, 5.74) is 0.752. The van der Waals surface area contributed by atoms with Gasteiger partial charge in [0.25, 0.3) is 0 Å². The van der Waals surface area contributed by atoms with Crippen LogP contribution in [0.25, 0.3) is 0 Å². The molecule has 1 aliphatic rings. The Kier molecular flexibility index (Phi) is 10.4. The number of aliphatic hydroxyl groups is 1. The van der Waals surface area contributed by atoms with Crippen LogP contribution in [0.2, 0.25) is 5.02 Å². The summed E-state index contributed by atoms with van der Waals surface area (Å²) in [5, 5.41) is 28.3. The zero-order valence-electron chi connectivity index (χ0n) is 17.6. The third-order valence-electron chi connectivity index (χ3n) is 4.06. The summed E-state index contributed by atoms with van der Waals surface area (Å²) in [5.74, 6) is 0.314. The van der Waals surface area contributed by atoms with Crippen molar-refractivity contribution >= 4 is 40.8 Å². The van der Waals surface area contributed by atoms with Crippen LogP contribution in [0.3, 0.4) is 0 Å². The van der Waals surface area contributed by atoms with E-state index < -0.39 is 16.9 Å². The minimum atomic E-state index is -0.968. The third kappa shape index (κ3) is 9.23. The second-order valence-electron chi connectivity index (χ2n) is 6.98. The van der Waals surface area contributed by atoms with E-state index in [0.29, 0.717) is 15.8 Å². The highest BCUT2D eigenvalue weighted by Crippen LogP contribution is 2.32. The number of carbonyl (C=O) groups excluding carboxylic acids is 1. The molecule has 31 heavy (non-hydrogen) atoms. The zero-order valence-corrected chi connectivity index (χ0v) is 19.8. The van der Waals surface area contributed by atoms with Crippen LogP contribution in [0, 0.1) is 6.92 Å². The molecule has 8 heteroatoms. The lowest BCUT2D eigenvalue weighted by atomic mass is 9.92. The van der Waals surface area contributed by atoms with Gasteiger partial charge in [0, 0.05) is 23.0 Å². The second kappa shape index (κ2) is 12.0. The average Bonchev–Trinajstić information content (AvgIpc) is 2.67. The van der Waals surface area contributed by atoms with Crippen LogP contribution in [0.5, 0.6) is 17.2 Å². The number of aryl methyl sites for hydroxylation is 1. The van der Waals surface area contributed by atoms with Gasteiger partial charge in [-0.15, -0.1) is 11.6 Å². The van der Waals surface area contributed by atoms with E-state index in [1.165, 1.54) is 19.1 Å². The number of rotatable bonds is 1. The molecule has 1 aliphatic carbocycles. The first kappa shape index (κ1) is 26.9. The van der Waals surface area contributed by atoms with E-state index in [0.717, 1.165) is 11.1 Å². The fraction of sp³-hybridized carbons (Fsp3) is 0.261. The fourth-order valence-electron chi connectivity index (χ4n) is 2.36. The van der Waals surface area contributed by atoms with Crippen molar-refractivity contribution in [1.82, 2.24) is 0 Å². The normalized spacial score (nSPS) is 19.5. The molecule has 0 spiro atoms. The molecule has 3 rings (SSSR count). The third-order valence-corrected chi connectivity index (χ3v) is 5.68. The van der Waals surface area contributed by atoms with E-state index in [1.54, 1.807) is 49.4 Å². The largest absolute Gasteiger partial charge is 0.508 e. The summed E-state index contributed by atoms with van der Waals surface area (Å²) in [4.78, 5) is 10.4. The molecule has 0 saturated carbocycles. The number of ether oxygens (including phenoxy) is 1. The number of alkyl halides is 1. The first-order valence-corrected chi connectivity index (χ1v) is 10.4. The molecule has 5 nitrogen and oxygen atoms in total. The molecule has 0 saturated heterocycles. The highest BCUT2D eigenvalue weighted by atomic mass is 35.5. The van der Waals surface area contributed by atoms with Gasteiger partial charge in [0.05, 0.1) is 5.38 Å². The van der Waals surface area contributed by atoms with Gasteiger partial charge in [-0.2, -0.15) is 0 Å². The van der Waals surface area contributed by atoms with Gasteiger partial charge >= 0.3 is 5.97 Å². The van der Waals surface area contributed by atoms with Crippen LogP contribution >= 0.6 is 34.8 Å². The van der Waals surface area contributed by atoms with Crippen LogP contribution in [-0.2, 0) is 4.79 Å². The standard InChI is InChI=1S/C8H10Cl2O.C8H8O3.C7H7ClO/c1-5-6(9)3-4-8(2,11)7(5)10;1-6(9)11-8-4-2-3-7(10)5-8;1-5-4-6(9)2-3-7(5)8/h3-4,7,11H,1-2H3;2-5,10H,1H3;2-4,9H,1H3. The molecule has 0 bridgehead atoms. The minimum absolute atomic E-state index is 0.0868. The molecule has 2 atom stereocenters. The van der Waals surface area contributed by atoms with Gasteiger partial charge in [-0.25, -0.2) is 0 Å². The minimum Gasteiger partial charge on any atom is -0.508 e. The lowest BCUT2D eigenvalue weighted by molar-refractivity contribution is -0.131. The van der Waals surface area contributed by atoms with Gasteiger partial charge in [-0.3, -0.25) is 4.79 Å². The topological polar surface area (TPSA) is 87.0 Å². The molecule has 0 aliphatic heterocycles. The summed E-state index contributed by atoms with van der Waals surface area (Å²) in [6.07, 6.45) is 3.29. The number of aromatic hydroxyl groups is 2. The summed E-state index contributed by atoms with van der Waals surface area (Å²) in [6.45, 7) is 6.64. The van der Waals surface area contributed by atoms with Crippen molar-refractivity contribution in [1.29, 1.82) is 0 Å². The average molecular weight is 488 g/mol. The lowest BCUT2D eigenvalue weighted by Crippen LogP contribution is -2.36. The van der Waals surface area contributed by atoms with Gasteiger partial charge in [-0.05, 0) is 68.3 Å². The molecule has 2 aromatic carbocycles. The molecule has 2 unspecified atom stereocenters. The number of phenols is 2. The summed E-state index contributed by atoms with van der Waals surface area (Å²) in [7, 11) is 0. The van der Waals surface area contributed by atoms with Crippen LogP contribution in [0.4, 0.5) is 0 Å². The first-order valence-electron chi connectivity index (χ1n) is 9.18. The SMILES string of the molecule is CC(=O)Oc1cccc(O)c1.CC1=C(Cl)C=CC(C)(O)C1Cl.Cc1cc(O)ccc1Cl. The van der Waals surface area contributed by atoms with E-state index in [2.05, 4.69) is 0 Å². The number of esters is 1. The van der Waals surface area contributed by atoms with Crippen molar-refractivity contribution < 1.29 is 24.9 Å². The number of carbonyl (C=O) groups is 1. The Balaban J connectivity index is 0.000000234. The van der Waals surface area contributed by atoms with E-state index >= 15 is 0 Å². The maximum Gasteiger partial charge on any atom is 0.308 e. The van der Waals surface area contributed by atoms with Crippen molar-refractivity contribution in [2.24, 2.45) is 0 Å². The highest BCUT2D eigenvalue weighted by Gasteiger charge is 2.32. The summed E-state index contributed by atoms with van der Waals surface area (Å²) < 4.78 is 4.70. The van der Waals surface area contributed by atoms with E-state index in [-0.39, 0.29) is 11.5 Å². The quantitative estimate of drug-likeness (QED) is 0.257. The number of allylic oxidation sites excluding steroid dienone is 2. The predicted molar refractivity (Wildman–Crippen MR) is 125 cm³/mol. The monoisotopic (exact) mass is 486 g/mol. The van der Waals surface area contributed by atoms with Gasteiger partial charge in [0.1, 0.15) is 22.8 Å². The van der Waals surface area contributed by atoms with Crippen molar-refractivity contribution in [2.45, 2.75) is 38.7 Å². The molecule has 0 aromatic heterocycles. The van der Waals surface area contributed by atoms with E-state index in [4.69, 9.17) is 49.8 Å². The summed E-state index contributed by atoms with van der Waals surface area (Å²) >= 11 is 17.4. The van der Waals surface area contributed by atoms with Gasteiger partial charge < -0.3 is 20.1 Å². The Labute approximate surface area is 197 Å². The Morgan fingerprint density at radius 3 is 2.16 bits per heavy atom. The number of phenolic OH excluding ortho intramolecular Hbond substituents is 2. The molecule has 0 amide bonds. The Hall–Kier alpha value is -2.18. The number of hydrogen-bond donors (Lipinski definition) is 3. The number of halogens is 3. The Morgan fingerprint density at radius 1 is 1.06 bits per heavy atom. The first-order chi connectivity index (χ1) is 14.3. The van der Waals surface area contributed by atoms with Crippen LogP contribution in [0.1, 0.15) is 26.3 Å². The van der Waals surface area contributed by atoms with Gasteiger partial charge in [-0.1, -0.05) is 35.3 Å².